The van der Waals surface area contributed by atoms with E-state index in [1.807, 2.05) is 0 Å². The molecule has 1 aliphatic carbocycles. The van der Waals surface area contributed by atoms with Crippen molar-refractivity contribution in [1.82, 2.24) is 14.9 Å². The summed E-state index contributed by atoms with van der Waals surface area (Å²) in [6, 6.07) is 0. The third kappa shape index (κ3) is 1.23. The molecular weight excluding hydrogens is 160 g/mol. The molecule has 1 aliphatic rings. The van der Waals surface area contributed by atoms with Gasteiger partial charge in [-0.1, -0.05) is 0 Å². The minimum absolute atomic E-state index is 0.0896. The number of rotatable bonds is 2. The second-order valence-corrected chi connectivity index (χ2v) is 2.78. The minimum Gasteiger partial charge on any atom is -0.273 e. The fourth-order valence-corrected chi connectivity index (χ4v) is 0.883. The lowest BCUT2D eigenvalue weighted by Gasteiger charge is -2.00. The van der Waals surface area contributed by atoms with Gasteiger partial charge >= 0.3 is 5.69 Å². The molecule has 1 heterocycles. The zero-order valence-electron chi connectivity index (χ0n) is 6.28. The second kappa shape index (κ2) is 2.47. The van der Waals surface area contributed by atoms with Gasteiger partial charge in [0.1, 0.15) is 6.33 Å². The molecule has 1 aromatic heterocycles. The van der Waals surface area contributed by atoms with E-state index in [-0.39, 0.29) is 11.8 Å². The van der Waals surface area contributed by atoms with Crippen LogP contribution in [0.4, 0.5) is 0 Å². The molecule has 0 radical (unpaired) electrons. The molecule has 6 heteroatoms. The Morgan fingerprint density at radius 3 is 3.00 bits per heavy atom. The normalized spacial score (nSPS) is 16.0. The van der Waals surface area contributed by atoms with Gasteiger partial charge < -0.3 is 0 Å². The SMILES string of the molecule is O=C(Nn1cn[nH]c1=O)C1CC1. The van der Waals surface area contributed by atoms with Crippen LogP contribution >= 0.6 is 0 Å². The van der Waals surface area contributed by atoms with Crippen molar-refractivity contribution in [3.63, 3.8) is 0 Å². The maximum absolute atomic E-state index is 11.1. The summed E-state index contributed by atoms with van der Waals surface area (Å²) in [6.07, 6.45) is 3.07. The highest BCUT2D eigenvalue weighted by Gasteiger charge is 2.29. The van der Waals surface area contributed by atoms with Crippen LogP contribution in [0.15, 0.2) is 11.1 Å². The molecule has 0 bridgehead atoms. The van der Waals surface area contributed by atoms with E-state index in [1.165, 1.54) is 6.33 Å². The van der Waals surface area contributed by atoms with E-state index in [1.54, 1.807) is 0 Å². The van der Waals surface area contributed by atoms with Crippen molar-refractivity contribution >= 4 is 5.91 Å². The molecule has 64 valence electrons. The van der Waals surface area contributed by atoms with Crippen LogP contribution < -0.4 is 11.1 Å². The van der Waals surface area contributed by atoms with E-state index in [9.17, 15) is 9.59 Å². The highest BCUT2D eigenvalue weighted by molar-refractivity contribution is 5.87. The van der Waals surface area contributed by atoms with E-state index in [0.29, 0.717) is 0 Å². The van der Waals surface area contributed by atoms with E-state index in [4.69, 9.17) is 0 Å². The molecule has 0 saturated heterocycles. The third-order valence-corrected chi connectivity index (χ3v) is 1.73. The number of carbonyl (C=O) groups excluding carboxylic acids is 1. The Balaban J connectivity index is 2.07. The van der Waals surface area contributed by atoms with Crippen LogP contribution in [-0.4, -0.2) is 20.8 Å². The van der Waals surface area contributed by atoms with Gasteiger partial charge in [-0.25, -0.2) is 9.89 Å². The van der Waals surface area contributed by atoms with Gasteiger partial charge in [-0.3, -0.25) is 10.2 Å². The van der Waals surface area contributed by atoms with Gasteiger partial charge in [0, 0.05) is 5.92 Å². The summed E-state index contributed by atoms with van der Waals surface area (Å²) >= 11 is 0. The smallest absolute Gasteiger partial charge is 0.273 e. The van der Waals surface area contributed by atoms with Crippen LogP contribution in [0.2, 0.25) is 0 Å². The first-order valence-corrected chi connectivity index (χ1v) is 3.70. The van der Waals surface area contributed by atoms with Crippen LogP contribution in [-0.2, 0) is 4.79 Å². The summed E-state index contributed by atoms with van der Waals surface area (Å²) in [7, 11) is 0. The maximum atomic E-state index is 11.1. The lowest BCUT2D eigenvalue weighted by molar-refractivity contribution is -0.118. The highest BCUT2D eigenvalue weighted by atomic mass is 16.2. The molecule has 2 N–H and O–H groups in total. The molecule has 1 saturated carbocycles. The number of H-pyrrole nitrogens is 1. The third-order valence-electron chi connectivity index (χ3n) is 1.73. The van der Waals surface area contributed by atoms with Crippen molar-refractivity contribution < 1.29 is 4.79 Å². The van der Waals surface area contributed by atoms with Crippen molar-refractivity contribution in [3.8, 4) is 0 Å². The van der Waals surface area contributed by atoms with Crippen LogP contribution in [0.25, 0.3) is 0 Å². The standard InChI is InChI=1S/C6H8N4O2/c11-5(4-1-2-4)9-10-3-7-8-6(10)12/h3-4H,1-2H2,(H,8,12)(H,9,11). The predicted octanol–water partition coefficient (Wildman–Crippen LogP) is -0.949. The monoisotopic (exact) mass is 168 g/mol. The predicted molar refractivity (Wildman–Crippen MR) is 39.9 cm³/mol. The molecule has 0 aliphatic heterocycles. The largest absolute Gasteiger partial charge is 0.362 e. The summed E-state index contributed by atoms with van der Waals surface area (Å²) in [4.78, 5) is 21.9. The summed E-state index contributed by atoms with van der Waals surface area (Å²) in [5.41, 5.74) is 2.00. The first-order valence-electron chi connectivity index (χ1n) is 3.70. The quantitative estimate of drug-likeness (QED) is 0.597. The number of carbonyl (C=O) groups is 1. The molecule has 1 aromatic rings. The van der Waals surface area contributed by atoms with E-state index < -0.39 is 5.69 Å². The molecular formula is C6H8N4O2. The number of amides is 1. The molecule has 6 nitrogen and oxygen atoms in total. The lowest BCUT2D eigenvalue weighted by Crippen LogP contribution is -2.31. The van der Waals surface area contributed by atoms with Gasteiger partial charge in [0.05, 0.1) is 0 Å². The highest BCUT2D eigenvalue weighted by Crippen LogP contribution is 2.28. The summed E-state index contributed by atoms with van der Waals surface area (Å²) < 4.78 is 1.04. The number of aromatic nitrogens is 3. The minimum atomic E-state index is -0.427. The van der Waals surface area contributed by atoms with Crippen molar-refractivity contribution in [2.24, 2.45) is 5.92 Å². The molecule has 12 heavy (non-hydrogen) atoms. The van der Waals surface area contributed by atoms with E-state index in [0.717, 1.165) is 17.5 Å². The van der Waals surface area contributed by atoms with Gasteiger partial charge in [-0.2, -0.15) is 9.77 Å². The first kappa shape index (κ1) is 7.08. The van der Waals surface area contributed by atoms with Gasteiger partial charge in [0.25, 0.3) is 0 Å². The first-order chi connectivity index (χ1) is 5.77. The van der Waals surface area contributed by atoms with Gasteiger partial charge in [0.2, 0.25) is 5.91 Å². The summed E-state index contributed by atoms with van der Waals surface area (Å²) in [5, 5.41) is 5.64. The van der Waals surface area contributed by atoms with Crippen LogP contribution in [0, 0.1) is 5.92 Å². The Bertz CT molecular complexity index is 348. The molecule has 2 rings (SSSR count). The van der Waals surface area contributed by atoms with Crippen molar-refractivity contribution in [1.29, 1.82) is 0 Å². The fourth-order valence-electron chi connectivity index (χ4n) is 0.883. The average Bonchev–Trinajstić information content (AvgIpc) is 2.80. The topological polar surface area (TPSA) is 79.8 Å². The number of aromatic amines is 1. The van der Waals surface area contributed by atoms with Gasteiger partial charge in [-0.15, -0.1) is 0 Å². The lowest BCUT2D eigenvalue weighted by atomic mass is 10.4. The molecule has 0 atom stereocenters. The second-order valence-electron chi connectivity index (χ2n) is 2.78. The van der Waals surface area contributed by atoms with Crippen molar-refractivity contribution in [2.75, 3.05) is 5.43 Å². The maximum Gasteiger partial charge on any atom is 0.362 e. The van der Waals surface area contributed by atoms with E-state index >= 15 is 0 Å². The van der Waals surface area contributed by atoms with Crippen molar-refractivity contribution in [2.45, 2.75) is 12.8 Å². The molecule has 1 fully saturated rings. The van der Waals surface area contributed by atoms with Gasteiger partial charge in [-0.05, 0) is 12.8 Å². The zero-order valence-corrected chi connectivity index (χ0v) is 6.28. The summed E-state index contributed by atoms with van der Waals surface area (Å²) in [6.45, 7) is 0. The fraction of sp³-hybridized carbons (Fsp3) is 0.500. The van der Waals surface area contributed by atoms with E-state index in [2.05, 4.69) is 15.6 Å². The number of nitrogens with zero attached hydrogens (tertiary/aromatic N) is 2. The number of hydrogen-bond acceptors (Lipinski definition) is 3. The molecule has 0 aromatic carbocycles. The Labute approximate surface area is 67.6 Å². The van der Waals surface area contributed by atoms with Crippen LogP contribution in [0.1, 0.15) is 12.8 Å². The Morgan fingerprint density at radius 2 is 2.50 bits per heavy atom. The molecule has 0 spiro atoms. The van der Waals surface area contributed by atoms with Crippen LogP contribution in [0.5, 0.6) is 0 Å². The molecule has 1 amide bonds. The van der Waals surface area contributed by atoms with Gasteiger partial charge in [0.15, 0.2) is 0 Å². The molecule has 0 unspecified atom stereocenters. The number of hydrogen-bond donors (Lipinski definition) is 2. The Hall–Kier alpha value is -1.59. The summed E-state index contributed by atoms with van der Waals surface area (Å²) in [5.74, 6) is -0.0229. The average molecular weight is 168 g/mol. The number of nitrogens with one attached hydrogen (secondary N) is 2. The Morgan fingerprint density at radius 1 is 1.75 bits per heavy atom. The van der Waals surface area contributed by atoms with Crippen LogP contribution in [0.3, 0.4) is 0 Å². The Kier molecular flexibility index (Phi) is 1.46. The van der Waals surface area contributed by atoms with Crippen molar-refractivity contribution in [3.05, 3.63) is 16.8 Å². The zero-order chi connectivity index (χ0) is 8.55.